The Balaban J connectivity index is 2.44. The summed E-state index contributed by atoms with van der Waals surface area (Å²) in [4.78, 5) is 33.6. The summed E-state index contributed by atoms with van der Waals surface area (Å²) in [5.41, 5.74) is 0. The van der Waals surface area contributed by atoms with E-state index in [0.29, 0.717) is 12.8 Å². The fourth-order valence-electron chi connectivity index (χ4n) is 2.41. The highest BCUT2D eigenvalue weighted by atomic mass is 16.4. The molecule has 0 aliphatic heterocycles. The van der Waals surface area contributed by atoms with E-state index in [2.05, 4.69) is 10.6 Å². The molecule has 2 unspecified atom stereocenters. The summed E-state index contributed by atoms with van der Waals surface area (Å²) < 4.78 is 0. The van der Waals surface area contributed by atoms with Crippen LogP contribution in [0.3, 0.4) is 0 Å². The maximum absolute atomic E-state index is 11.7. The largest absolute Gasteiger partial charge is 0.481 e. The van der Waals surface area contributed by atoms with Crippen molar-refractivity contribution in [1.29, 1.82) is 0 Å². The monoisotopic (exact) mass is 270 g/mol. The van der Waals surface area contributed by atoms with Gasteiger partial charge in [-0.2, -0.15) is 0 Å². The van der Waals surface area contributed by atoms with Gasteiger partial charge >= 0.3 is 5.97 Å². The molecule has 0 aromatic rings. The maximum Gasteiger partial charge on any atom is 0.308 e. The number of hydrogen-bond acceptors (Lipinski definition) is 3. The number of carbonyl (C=O) groups is 3. The molecule has 0 radical (unpaired) electrons. The summed E-state index contributed by atoms with van der Waals surface area (Å²) in [6, 6.07) is -0.287. The molecule has 1 fully saturated rings. The van der Waals surface area contributed by atoms with Gasteiger partial charge in [-0.25, -0.2) is 0 Å². The van der Waals surface area contributed by atoms with Gasteiger partial charge in [0, 0.05) is 25.9 Å². The topological polar surface area (TPSA) is 95.5 Å². The van der Waals surface area contributed by atoms with Crippen LogP contribution < -0.4 is 10.6 Å². The van der Waals surface area contributed by atoms with Crippen molar-refractivity contribution >= 4 is 17.8 Å². The standard InChI is InChI=1S/C13H22N2O4/c1-9(16)14-8-7-12(17)15-11-6-4-2-3-5-10(11)13(18)19/h10-11H,2-8H2,1H3,(H,14,16)(H,15,17)(H,18,19). The van der Waals surface area contributed by atoms with E-state index in [1.54, 1.807) is 0 Å². The van der Waals surface area contributed by atoms with E-state index in [-0.39, 0.29) is 30.8 Å². The Morgan fingerprint density at radius 2 is 1.84 bits per heavy atom. The van der Waals surface area contributed by atoms with Crippen LogP contribution in [0.15, 0.2) is 0 Å². The third-order valence-corrected chi connectivity index (χ3v) is 3.41. The molecule has 0 aromatic carbocycles. The van der Waals surface area contributed by atoms with Crippen LogP contribution in [0.5, 0.6) is 0 Å². The number of carboxylic acid groups (broad SMARTS) is 1. The van der Waals surface area contributed by atoms with E-state index in [1.807, 2.05) is 0 Å². The second-order valence-electron chi connectivity index (χ2n) is 4.99. The molecule has 108 valence electrons. The Hall–Kier alpha value is -1.59. The second-order valence-corrected chi connectivity index (χ2v) is 4.99. The number of carbonyl (C=O) groups excluding carboxylic acids is 2. The van der Waals surface area contributed by atoms with E-state index < -0.39 is 11.9 Å². The Morgan fingerprint density at radius 3 is 2.47 bits per heavy atom. The Labute approximate surface area is 112 Å². The van der Waals surface area contributed by atoms with E-state index in [0.717, 1.165) is 19.3 Å². The lowest BCUT2D eigenvalue weighted by Crippen LogP contribution is -2.43. The van der Waals surface area contributed by atoms with Crippen molar-refractivity contribution in [2.75, 3.05) is 6.54 Å². The molecular weight excluding hydrogens is 248 g/mol. The van der Waals surface area contributed by atoms with Crippen LogP contribution in [0.4, 0.5) is 0 Å². The highest BCUT2D eigenvalue weighted by Crippen LogP contribution is 2.23. The number of carboxylic acids is 1. The quantitative estimate of drug-likeness (QED) is 0.640. The van der Waals surface area contributed by atoms with Crippen LogP contribution in [-0.4, -0.2) is 35.5 Å². The molecule has 3 N–H and O–H groups in total. The van der Waals surface area contributed by atoms with Gasteiger partial charge in [-0.05, 0) is 12.8 Å². The van der Waals surface area contributed by atoms with Gasteiger partial charge in [0.1, 0.15) is 0 Å². The van der Waals surface area contributed by atoms with Crippen molar-refractivity contribution < 1.29 is 19.5 Å². The van der Waals surface area contributed by atoms with Crippen molar-refractivity contribution in [3.63, 3.8) is 0 Å². The average molecular weight is 270 g/mol. The van der Waals surface area contributed by atoms with Gasteiger partial charge in [0.25, 0.3) is 0 Å². The second kappa shape index (κ2) is 7.76. The maximum atomic E-state index is 11.7. The highest BCUT2D eigenvalue weighted by molar-refractivity contribution is 5.79. The molecule has 0 spiro atoms. The molecule has 1 aliphatic rings. The Kier molecular flexibility index (Phi) is 6.32. The molecule has 0 bridgehead atoms. The van der Waals surface area contributed by atoms with Gasteiger partial charge < -0.3 is 15.7 Å². The highest BCUT2D eigenvalue weighted by Gasteiger charge is 2.30. The van der Waals surface area contributed by atoms with Crippen LogP contribution in [0.25, 0.3) is 0 Å². The fraction of sp³-hybridized carbons (Fsp3) is 0.769. The summed E-state index contributed by atoms with van der Waals surface area (Å²) in [6.07, 6.45) is 4.37. The molecule has 0 aromatic heterocycles. The average Bonchev–Trinajstić information content (AvgIpc) is 2.53. The summed E-state index contributed by atoms with van der Waals surface area (Å²) in [5, 5.41) is 14.5. The van der Waals surface area contributed by atoms with Gasteiger partial charge in [-0.15, -0.1) is 0 Å². The van der Waals surface area contributed by atoms with Crippen LogP contribution >= 0.6 is 0 Å². The van der Waals surface area contributed by atoms with Crippen molar-refractivity contribution in [2.24, 2.45) is 5.92 Å². The van der Waals surface area contributed by atoms with Crippen molar-refractivity contribution in [3.8, 4) is 0 Å². The number of hydrogen-bond donors (Lipinski definition) is 3. The van der Waals surface area contributed by atoms with Crippen LogP contribution in [0, 0.1) is 5.92 Å². The van der Waals surface area contributed by atoms with Crippen molar-refractivity contribution in [2.45, 2.75) is 51.5 Å². The fourth-order valence-corrected chi connectivity index (χ4v) is 2.41. The number of aliphatic carboxylic acids is 1. The van der Waals surface area contributed by atoms with Crippen molar-refractivity contribution in [1.82, 2.24) is 10.6 Å². The number of amides is 2. The minimum Gasteiger partial charge on any atom is -0.481 e. The van der Waals surface area contributed by atoms with Gasteiger partial charge in [-0.3, -0.25) is 14.4 Å². The first-order chi connectivity index (χ1) is 9.00. The number of rotatable bonds is 5. The van der Waals surface area contributed by atoms with Crippen LogP contribution in [0.2, 0.25) is 0 Å². The molecule has 2 atom stereocenters. The van der Waals surface area contributed by atoms with Crippen LogP contribution in [-0.2, 0) is 14.4 Å². The zero-order valence-corrected chi connectivity index (χ0v) is 11.3. The first-order valence-electron chi connectivity index (χ1n) is 6.77. The summed E-state index contributed by atoms with van der Waals surface area (Å²) in [6.45, 7) is 1.68. The van der Waals surface area contributed by atoms with Gasteiger partial charge in [-0.1, -0.05) is 19.3 Å². The Bertz CT molecular complexity index is 344. The third kappa shape index (κ3) is 5.72. The molecule has 6 heteroatoms. The molecule has 0 saturated heterocycles. The minimum atomic E-state index is -0.839. The zero-order chi connectivity index (χ0) is 14.3. The first kappa shape index (κ1) is 15.5. The van der Waals surface area contributed by atoms with E-state index in [4.69, 9.17) is 0 Å². The lowest BCUT2D eigenvalue weighted by Gasteiger charge is -2.22. The van der Waals surface area contributed by atoms with Crippen LogP contribution in [0.1, 0.15) is 45.4 Å². The smallest absolute Gasteiger partial charge is 0.308 e. The molecule has 19 heavy (non-hydrogen) atoms. The van der Waals surface area contributed by atoms with Crippen molar-refractivity contribution in [3.05, 3.63) is 0 Å². The summed E-state index contributed by atoms with van der Waals surface area (Å²) in [7, 11) is 0. The van der Waals surface area contributed by atoms with Gasteiger partial charge in [0.05, 0.1) is 5.92 Å². The SMILES string of the molecule is CC(=O)NCCC(=O)NC1CCCCCC1C(=O)O. The lowest BCUT2D eigenvalue weighted by atomic mass is 9.95. The van der Waals surface area contributed by atoms with Gasteiger partial charge in [0.2, 0.25) is 11.8 Å². The Morgan fingerprint density at radius 1 is 1.16 bits per heavy atom. The lowest BCUT2D eigenvalue weighted by molar-refractivity contribution is -0.143. The van der Waals surface area contributed by atoms with Gasteiger partial charge in [0.15, 0.2) is 0 Å². The molecule has 6 nitrogen and oxygen atoms in total. The predicted molar refractivity (Wildman–Crippen MR) is 69.4 cm³/mol. The molecule has 1 saturated carbocycles. The predicted octanol–water partition coefficient (Wildman–Crippen LogP) is 0.662. The molecular formula is C13H22N2O4. The third-order valence-electron chi connectivity index (χ3n) is 3.41. The first-order valence-corrected chi connectivity index (χ1v) is 6.77. The minimum absolute atomic E-state index is 0.175. The molecule has 1 aliphatic carbocycles. The molecule has 1 rings (SSSR count). The normalized spacial score (nSPS) is 23.2. The number of nitrogens with one attached hydrogen (secondary N) is 2. The summed E-state index contributed by atoms with van der Waals surface area (Å²) in [5.74, 6) is -1.71. The molecule has 2 amide bonds. The summed E-state index contributed by atoms with van der Waals surface area (Å²) >= 11 is 0. The zero-order valence-electron chi connectivity index (χ0n) is 11.3. The van der Waals surface area contributed by atoms with E-state index in [9.17, 15) is 19.5 Å². The molecule has 0 heterocycles. The van der Waals surface area contributed by atoms with E-state index in [1.165, 1.54) is 6.92 Å². The van der Waals surface area contributed by atoms with E-state index >= 15 is 0 Å².